The second kappa shape index (κ2) is 6.10. The third kappa shape index (κ3) is 3.26. The predicted molar refractivity (Wildman–Crippen MR) is 91.3 cm³/mol. The van der Waals surface area contributed by atoms with E-state index in [1.54, 1.807) is 11.3 Å². The van der Waals surface area contributed by atoms with Crippen molar-refractivity contribution < 1.29 is 9.90 Å². The minimum atomic E-state index is -0.485. The van der Waals surface area contributed by atoms with Crippen LogP contribution in [-0.4, -0.2) is 23.2 Å². The van der Waals surface area contributed by atoms with Crippen LogP contribution in [0.4, 0.5) is 4.79 Å². The van der Waals surface area contributed by atoms with Crippen LogP contribution in [0.1, 0.15) is 56.6 Å². The van der Waals surface area contributed by atoms with Gasteiger partial charge < -0.3 is 15.7 Å². The van der Waals surface area contributed by atoms with Crippen LogP contribution >= 0.6 is 11.3 Å². The lowest BCUT2D eigenvalue weighted by Gasteiger charge is -2.56. The van der Waals surface area contributed by atoms with E-state index in [-0.39, 0.29) is 11.6 Å². The molecule has 5 heteroatoms. The molecular formula is C18H26N2O2S. The largest absolute Gasteiger partial charge is 0.388 e. The van der Waals surface area contributed by atoms with Crippen molar-refractivity contribution in [2.75, 3.05) is 6.54 Å². The van der Waals surface area contributed by atoms with Crippen LogP contribution in [-0.2, 0) is 0 Å². The molecule has 4 bridgehead atoms. The normalized spacial score (nSPS) is 36.0. The van der Waals surface area contributed by atoms with Crippen molar-refractivity contribution in [2.45, 2.75) is 56.6 Å². The summed E-state index contributed by atoms with van der Waals surface area (Å²) >= 11 is 1.58. The highest BCUT2D eigenvalue weighted by molar-refractivity contribution is 7.07. The minimum Gasteiger partial charge on any atom is -0.388 e. The molecule has 4 nitrogen and oxygen atoms in total. The Balaban J connectivity index is 1.26. The summed E-state index contributed by atoms with van der Waals surface area (Å²) < 4.78 is 0. The molecule has 5 rings (SSSR count). The van der Waals surface area contributed by atoms with Gasteiger partial charge >= 0.3 is 6.03 Å². The predicted octanol–water partition coefficient (Wildman–Crippen LogP) is 3.44. The molecule has 23 heavy (non-hydrogen) atoms. The Labute approximate surface area is 141 Å². The van der Waals surface area contributed by atoms with Crippen LogP contribution in [0.3, 0.4) is 0 Å². The van der Waals surface area contributed by atoms with Gasteiger partial charge in [-0.3, -0.25) is 0 Å². The van der Waals surface area contributed by atoms with Crippen molar-refractivity contribution in [3.63, 3.8) is 0 Å². The summed E-state index contributed by atoms with van der Waals surface area (Å²) in [5.74, 6) is 2.51. The van der Waals surface area contributed by atoms with E-state index in [1.807, 2.05) is 16.8 Å². The van der Waals surface area contributed by atoms with Gasteiger partial charge in [-0.15, -0.1) is 0 Å². The Bertz CT molecular complexity index is 522. The molecule has 0 saturated heterocycles. The van der Waals surface area contributed by atoms with Crippen molar-refractivity contribution in [3.05, 3.63) is 22.4 Å². The van der Waals surface area contributed by atoms with Crippen molar-refractivity contribution in [1.29, 1.82) is 0 Å². The topological polar surface area (TPSA) is 61.4 Å². The van der Waals surface area contributed by atoms with Crippen molar-refractivity contribution in [1.82, 2.24) is 10.6 Å². The Morgan fingerprint density at radius 3 is 2.48 bits per heavy atom. The average molecular weight is 334 g/mol. The number of aliphatic hydroxyl groups excluding tert-OH is 1. The van der Waals surface area contributed by atoms with E-state index in [2.05, 4.69) is 10.6 Å². The molecule has 1 aromatic heterocycles. The quantitative estimate of drug-likeness (QED) is 0.772. The number of carbonyl (C=O) groups excluding carboxylic acids is 1. The third-order valence-corrected chi connectivity index (χ3v) is 6.75. The van der Waals surface area contributed by atoms with E-state index in [1.165, 1.54) is 38.5 Å². The second-order valence-electron chi connectivity index (χ2n) is 7.94. The summed E-state index contributed by atoms with van der Waals surface area (Å²) in [5, 5.41) is 20.2. The van der Waals surface area contributed by atoms with E-state index in [9.17, 15) is 9.90 Å². The van der Waals surface area contributed by atoms with Gasteiger partial charge in [0.05, 0.1) is 6.10 Å². The van der Waals surface area contributed by atoms with Gasteiger partial charge in [0.15, 0.2) is 0 Å². The first-order chi connectivity index (χ1) is 11.1. The zero-order chi connectivity index (χ0) is 15.9. The molecule has 4 fully saturated rings. The second-order valence-corrected chi connectivity index (χ2v) is 8.72. The van der Waals surface area contributed by atoms with Crippen LogP contribution in [0.5, 0.6) is 0 Å². The zero-order valence-corrected chi connectivity index (χ0v) is 14.3. The number of hydrogen-bond donors (Lipinski definition) is 3. The summed E-state index contributed by atoms with van der Waals surface area (Å²) in [6.07, 6.45) is 7.74. The highest BCUT2D eigenvalue weighted by Gasteiger charge is 2.51. The van der Waals surface area contributed by atoms with Crippen LogP contribution < -0.4 is 10.6 Å². The van der Waals surface area contributed by atoms with E-state index < -0.39 is 6.10 Å². The van der Waals surface area contributed by atoms with E-state index in [0.717, 1.165) is 23.3 Å². The number of nitrogens with one attached hydrogen (secondary N) is 2. The maximum absolute atomic E-state index is 12.3. The van der Waals surface area contributed by atoms with Crippen molar-refractivity contribution in [2.24, 2.45) is 17.8 Å². The third-order valence-electron chi connectivity index (χ3n) is 6.05. The number of amides is 2. The first-order valence-electron chi connectivity index (χ1n) is 8.88. The molecule has 0 radical (unpaired) electrons. The molecular weight excluding hydrogens is 308 g/mol. The molecule has 126 valence electrons. The molecule has 4 saturated carbocycles. The Hall–Kier alpha value is -1.07. The smallest absolute Gasteiger partial charge is 0.315 e. The number of thiophene rings is 1. The summed E-state index contributed by atoms with van der Waals surface area (Å²) in [5.41, 5.74) is 1.00. The molecule has 3 N–H and O–H groups in total. The molecule has 1 atom stereocenters. The first kappa shape index (κ1) is 15.5. The van der Waals surface area contributed by atoms with Gasteiger partial charge in [-0.05, 0) is 85.1 Å². The lowest BCUT2D eigenvalue weighted by molar-refractivity contribution is -0.0135. The Kier molecular flexibility index (Phi) is 4.10. The van der Waals surface area contributed by atoms with E-state index in [0.29, 0.717) is 13.0 Å². The Morgan fingerprint density at radius 1 is 1.26 bits per heavy atom. The molecule has 1 heterocycles. The average Bonchev–Trinajstić information content (AvgIpc) is 2.99. The van der Waals surface area contributed by atoms with Crippen LogP contribution in [0, 0.1) is 17.8 Å². The van der Waals surface area contributed by atoms with Crippen molar-refractivity contribution >= 4 is 17.4 Å². The SMILES string of the molecule is O=C(NCC[C@H](O)c1ccsc1)NC12CC3CC(CC(C3)C1)C2. The molecule has 4 aliphatic carbocycles. The molecule has 1 aromatic rings. The molecule has 0 aliphatic heterocycles. The number of urea groups is 1. The first-order valence-corrected chi connectivity index (χ1v) is 9.82. The van der Waals surface area contributed by atoms with Crippen LogP contribution in [0.25, 0.3) is 0 Å². The van der Waals surface area contributed by atoms with Gasteiger partial charge in [-0.2, -0.15) is 11.3 Å². The number of aliphatic hydroxyl groups is 1. The van der Waals surface area contributed by atoms with Gasteiger partial charge in [-0.1, -0.05) is 0 Å². The maximum Gasteiger partial charge on any atom is 0.315 e. The summed E-state index contributed by atoms with van der Waals surface area (Å²) in [6.45, 7) is 0.509. The minimum absolute atomic E-state index is 0.0514. The molecule has 4 aliphatic rings. The Morgan fingerprint density at radius 2 is 1.91 bits per heavy atom. The van der Waals surface area contributed by atoms with Gasteiger partial charge in [0, 0.05) is 12.1 Å². The highest BCUT2D eigenvalue weighted by atomic mass is 32.1. The maximum atomic E-state index is 12.3. The number of hydrogen-bond acceptors (Lipinski definition) is 3. The molecule has 0 unspecified atom stereocenters. The van der Waals surface area contributed by atoms with Crippen LogP contribution in [0.2, 0.25) is 0 Å². The van der Waals surface area contributed by atoms with Crippen molar-refractivity contribution in [3.8, 4) is 0 Å². The monoisotopic (exact) mass is 334 g/mol. The fourth-order valence-electron chi connectivity index (χ4n) is 5.50. The molecule has 0 aromatic carbocycles. The number of rotatable bonds is 5. The fourth-order valence-corrected chi connectivity index (χ4v) is 6.21. The lowest BCUT2D eigenvalue weighted by atomic mass is 9.53. The van der Waals surface area contributed by atoms with E-state index >= 15 is 0 Å². The van der Waals surface area contributed by atoms with Gasteiger partial charge in [0.1, 0.15) is 0 Å². The zero-order valence-electron chi connectivity index (χ0n) is 13.5. The summed E-state index contributed by atoms with van der Waals surface area (Å²) in [7, 11) is 0. The van der Waals surface area contributed by atoms with E-state index in [4.69, 9.17) is 0 Å². The van der Waals surface area contributed by atoms with Gasteiger partial charge in [0.2, 0.25) is 0 Å². The van der Waals surface area contributed by atoms with Gasteiger partial charge in [-0.25, -0.2) is 4.79 Å². The van der Waals surface area contributed by atoms with Crippen LogP contribution in [0.15, 0.2) is 16.8 Å². The fraction of sp³-hybridized carbons (Fsp3) is 0.722. The summed E-state index contributed by atoms with van der Waals surface area (Å²) in [6, 6.07) is 1.88. The highest BCUT2D eigenvalue weighted by Crippen LogP contribution is 2.55. The molecule has 2 amide bonds. The van der Waals surface area contributed by atoms with Gasteiger partial charge in [0.25, 0.3) is 0 Å². The summed E-state index contributed by atoms with van der Waals surface area (Å²) in [4.78, 5) is 12.3. The standard InChI is InChI=1S/C18H26N2O2S/c21-16(15-2-4-23-11-15)1-3-19-17(22)20-18-8-12-5-13(9-18)7-14(6-12)10-18/h2,4,11-14,16,21H,1,3,5-10H2,(H2,19,20,22)/t12?,13?,14?,16-,18?/m0/s1. The molecule has 0 spiro atoms. The number of carbonyl (C=O) groups is 1. The lowest BCUT2D eigenvalue weighted by Crippen LogP contribution is -2.61.